The summed E-state index contributed by atoms with van der Waals surface area (Å²) < 4.78 is 12.2. The number of amides is 1. The predicted octanol–water partition coefficient (Wildman–Crippen LogP) is 3.21. The molecular formula is C20H22N4O3. The van der Waals surface area contributed by atoms with Crippen LogP contribution in [0.5, 0.6) is 11.5 Å². The van der Waals surface area contributed by atoms with Crippen molar-refractivity contribution >= 4 is 11.6 Å². The van der Waals surface area contributed by atoms with E-state index in [1.54, 1.807) is 37.1 Å². The summed E-state index contributed by atoms with van der Waals surface area (Å²) in [7, 11) is 3.11. The second-order valence-electron chi connectivity index (χ2n) is 6.19. The topological polar surface area (TPSA) is 78.3 Å². The Morgan fingerprint density at radius 3 is 2.41 bits per heavy atom. The number of rotatable bonds is 6. The lowest BCUT2D eigenvalue weighted by atomic mass is 10.1. The van der Waals surface area contributed by atoms with Crippen LogP contribution in [0, 0.1) is 13.8 Å². The normalized spacial score (nSPS) is 10.5. The standard InChI is InChI=1S/C20H22N4O3/c1-13-5-7-15(8-6-13)12-24-14(2)19(22-23-24)20(25)21-16-9-10-17(26-3)18(11-16)27-4/h5-11H,12H2,1-4H3,(H,21,25). The van der Waals surface area contributed by atoms with E-state index in [9.17, 15) is 4.79 Å². The van der Waals surface area contributed by atoms with Gasteiger partial charge < -0.3 is 14.8 Å². The van der Waals surface area contributed by atoms with Crippen molar-refractivity contribution < 1.29 is 14.3 Å². The van der Waals surface area contributed by atoms with Gasteiger partial charge in [0.05, 0.1) is 26.5 Å². The van der Waals surface area contributed by atoms with Crippen molar-refractivity contribution in [2.75, 3.05) is 19.5 Å². The first-order chi connectivity index (χ1) is 13.0. The van der Waals surface area contributed by atoms with Crippen LogP contribution in [0.3, 0.4) is 0 Å². The Labute approximate surface area is 157 Å². The van der Waals surface area contributed by atoms with Crippen LogP contribution in [0.25, 0.3) is 0 Å². The number of benzene rings is 2. The molecule has 0 saturated carbocycles. The van der Waals surface area contributed by atoms with Gasteiger partial charge in [-0.3, -0.25) is 4.79 Å². The van der Waals surface area contributed by atoms with E-state index in [-0.39, 0.29) is 11.6 Å². The summed E-state index contributed by atoms with van der Waals surface area (Å²) in [5.41, 5.74) is 3.88. The molecule has 3 rings (SSSR count). The third-order valence-electron chi connectivity index (χ3n) is 4.29. The SMILES string of the molecule is COc1ccc(NC(=O)c2nnn(Cc3ccc(C)cc3)c2C)cc1OC. The van der Waals surface area contributed by atoms with Gasteiger partial charge in [-0.2, -0.15) is 0 Å². The van der Waals surface area contributed by atoms with E-state index < -0.39 is 0 Å². The summed E-state index contributed by atoms with van der Waals surface area (Å²) in [4.78, 5) is 12.6. The zero-order valence-corrected chi connectivity index (χ0v) is 15.8. The lowest BCUT2D eigenvalue weighted by Crippen LogP contribution is -2.14. The van der Waals surface area contributed by atoms with Gasteiger partial charge in [0, 0.05) is 11.8 Å². The van der Waals surface area contributed by atoms with Crippen LogP contribution in [0.15, 0.2) is 42.5 Å². The molecule has 1 amide bonds. The Balaban J connectivity index is 1.76. The third-order valence-corrected chi connectivity index (χ3v) is 4.29. The van der Waals surface area contributed by atoms with E-state index in [4.69, 9.17) is 9.47 Å². The number of hydrogen-bond donors (Lipinski definition) is 1. The molecule has 140 valence electrons. The molecule has 7 heteroatoms. The van der Waals surface area contributed by atoms with E-state index in [2.05, 4.69) is 15.6 Å². The Kier molecular flexibility index (Phi) is 5.40. The summed E-state index contributed by atoms with van der Waals surface area (Å²) in [5.74, 6) is 0.806. The maximum Gasteiger partial charge on any atom is 0.278 e. The van der Waals surface area contributed by atoms with Crippen LogP contribution in [0.2, 0.25) is 0 Å². The molecule has 0 spiro atoms. The fourth-order valence-electron chi connectivity index (χ4n) is 2.69. The van der Waals surface area contributed by atoms with Gasteiger partial charge in [0.15, 0.2) is 17.2 Å². The zero-order chi connectivity index (χ0) is 19.4. The highest BCUT2D eigenvalue weighted by atomic mass is 16.5. The van der Waals surface area contributed by atoms with Gasteiger partial charge in [0.1, 0.15) is 0 Å². The van der Waals surface area contributed by atoms with Crippen molar-refractivity contribution in [2.45, 2.75) is 20.4 Å². The number of carbonyl (C=O) groups is 1. The number of anilines is 1. The second kappa shape index (κ2) is 7.90. The first kappa shape index (κ1) is 18.4. The van der Waals surface area contributed by atoms with E-state index >= 15 is 0 Å². The number of ether oxygens (including phenoxy) is 2. The lowest BCUT2D eigenvalue weighted by molar-refractivity contribution is 0.102. The lowest BCUT2D eigenvalue weighted by Gasteiger charge is -2.10. The smallest absolute Gasteiger partial charge is 0.278 e. The maximum atomic E-state index is 12.6. The molecule has 2 aromatic carbocycles. The molecule has 1 N–H and O–H groups in total. The molecule has 0 atom stereocenters. The van der Waals surface area contributed by atoms with E-state index in [0.29, 0.717) is 29.4 Å². The van der Waals surface area contributed by atoms with Crippen molar-refractivity contribution in [2.24, 2.45) is 0 Å². The maximum absolute atomic E-state index is 12.6. The number of nitrogens with one attached hydrogen (secondary N) is 1. The molecule has 1 heterocycles. The first-order valence-corrected chi connectivity index (χ1v) is 8.51. The average molecular weight is 366 g/mol. The molecule has 0 aliphatic rings. The Morgan fingerprint density at radius 2 is 1.74 bits per heavy atom. The van der Waals surface area contributed by atoms with Gasteiger partial charge in [-0.15, -0.1) is 5.10 Å². The quantitative estimate of drug-likeness (QED) is 0.725. The van der Waals surface area contributed by atoms with Crippen molar-refractivity contribution in [1.82, 2.24) is 15.0 Å². The largest absolute Gasteiger partial charge is 0.493 e. The summed E-state index contributed by atoms with van der Waals surface area (Å²) >= 11 is 0. The summed E-state index contributed by atoms with van der Waals surface area (Å²) in [6, 6.07) is 13.3. The number of aromatic nitrogens is 3. The van der Waals surface area contributed by atoms with Crippen LogP contribution in [-0.2, 0) is 6.54 Å². The highest BCUT2D eigenvalue weighted by Gasteiger charge is 2.17. The predicted molar refractivity (Wildman–Crippen MR) is 103 cm³/mol. The molecule has 0 saturated heterocycles. The number of nitrogens with zero attached hydrogens (tertiary/aromatic N) is 3. The second-order valence-corrected chi connectivity index (χ2v) is 6.19. The van der Waals surface area contributed by atoms with Crippen LogP contribution in [-0.4, -0.2) is 35.1 Å². The van der Waals surface area contributed by atoms with Gasteiger partial charge in [0.25, 0.3) is 5.91 Å². The Morgan fingerprint density at radius 1 is 1.04 bits per heavy atom. The van der Waals surface area contributed by atoms with Crippen molar-refractivity contribution in [3.63, 3.8) is 0 Å². The number of carbonyl (C=O) groups excluding carboxylic acids is 1. The zero-order valence-electron chi connectivity index (χ0n) is 15.8. The van der Waals surface area contributed by atoms with Gasteiger partial charge in [-0.05, 0) is 31.5 Å². The van der Waals surface area contributed by atoms with E-state index in [1.165, 1.54) is 5.56 Å². The molecule has 0 unspecified atom stereocenters. The van der Waals surface area contributed by atoms with Gasteiger partial charge >= 0.3 is 0 Å². The minimum atomic E-state index is -0.324. The molecular weight excluding hydrogens is 344 g/mol. The van der Waals surface area contributed by atoms with E-state index in [0.717, 1.165) is 5.56 Å². The fourth-order valence-corrected chi connectivity index (χ4v) is 2.69. The van der Waals surface area contributed by atoms with E-state index in [1.807, 2.05) is 38.1 Å². The van der Waals surface area contributed by atoms with Crippen molar-refractivity contribution in [1.29, 1.82) is 0 Å². The molecule has 7 nitrogen and oxygen atoms in total. The molecule has 3 aromatic rings. The van der Waals surface area contributed by atoms with Crippen LogP contribution in [0.1, 0.15) is 27.3 Å². The van der Waals surface area contributed by atoms with Crippen LogP contribution in [0.4, 0.5) is 5.69 Å². The van der Waals surface area contributed by atoms with Crippen molar-refractivity contribution in [3.8, 4) is 11.5 Å². The molecule has 0 fully saturated rings. The Hall–Kier alpha value is -3.35. The number of methoxy groups -OCH3 is 2. The molecule has 0 aliphatic heterocycles. The molecule has 0 radical (unpaired) electrons. The first-order valence-electron chi connectivity index (χ1n) is 8.51. The van der Waals surface area contributed by atoms with Gasteiger partial charge in [0.2, 0.25) is 0 Å². The fraction of sp³-hybridized carbons (Fsp3) is 0.250. The molecule has 0 aliphatic carbocycles. The molecule has 27 heavy (non-hydrogen) atoms. The third kappa shape index (κ3) is 4.08. The number of hydrogen-bond acceptors (Lipinski definition) is 5. The highest BCUT2D eigenvalue weighted by molar-refractivity contribution is 6.03. The average Bonchev–Trinajstić information content (AvgIpc) is 3.04. The van der Waals surface area contributed by atoms with Gasteiger partial charge in [-0.25, -0.2) is 4.68 Å². The van der Waals surface area contributed by atoms with Crippen molar-refractivity contribution in [3.05, 3.63) is 65.0 Å². The highest BCUT2D eigenvalue weighted by Crippen LogP contribution is 2.29. The Bertz CT molecular complexity index is 948. The van der Waals surface area contributed by atoms with Crippen LogP contribution < -0.4 is 14.8 Å². The summed E-state index contributed by atoms with van der Waals surface area (Å²) in [6.45, 7) is 4.43. The number of aryl methyl sites for hydroxylation is 1. The van der Waals surface area contributed by atoms with Crippen LogP contribution >= 0.6 is 0 Å². The molecule has 1 aromatic heterocycles. The summed E-state index contributed by atoms with van der Waals surface area (Å²) in [6.07, 6.45) is 0. The summed E-state index contributed by atoms with van der Waals surface area (Å²) in [5, 5.41) is 11.0. The monoisotopic (exact) mass is 366 g/mol. The molecule has 0 bridgehead atoms. The van der Waals surface area contributed by atoms with Gasteiger partial charge in [-0.1, -0.05) is 35.0 Å². The minimum Gasteiger partial charge on any atom is -0.493 e. The minimum absolute atomic E-state index is 0.289.